The number of furan rings is 1. The maximum absolute atomic E-state index is 13.0. The third kappa shape index (κ3) is 3.16. The number of amides is 1. The SMILES string of the molecule is Cn1c(=O)n(C)c2cc(NC(=O)/C(=C/c3ccco3)c3ccccc3)ccc21. The van der Waals surface area contributed by atoms with Crippen LogP contribution in [0.3, 0.4) is 0 Å². The van der Waals surface area contributed by atoms with E-state index in [0.717, 1.165) is 16.6 Å². The van der Waals surface area contributed by atoms with Crippen molar-refractivity contribution < 1.29 is 9.21 Å². The molecule has 0 atom stereocenters. The lowest BCUT2D eigenvalue weighted by Gasteiger charge is -2.10. The molecule has 2 heterocycles. The van der Waals surface area contributed by atoms with E-state index in [-0.39, 0.29) is 11.6 Å². The van der Waals surface area contributed by atoms with Crippen LogP contribution in [0.4, 0.5) is 5.69 Å². The summed E-state index contributed by atoms with van der Waals surface area (Å²) in [4.78, 5) is 25.1. The highest BCUT2D eigenvalue weighted by molar-refractivity contribution is 6.29. The van der Waals surface area contributed by atoms with Crippen LogP contribution in [0.25, 0.3) is 22.7 Å². The average molecular weight is 373 g/mol. The van der Waals surface area contributed by atoms with Crippen molar-refractivity contribution in [2.24, 2.45) is 14.1 Å². The van der Waals surface area contributed by atoms with Gasteiger partial charge >= 0.3 is 5.69 Å². The molecule has 6 nitrogen and oxygen atoms in total. The maximum atomic E-state index is 13.0. The average Bonchev–Trinajstić information content (AvgIpc) is 3.30. The first kappa shape index (κ1) is 17.6. The van der Waals surface area contributed by atoms with Gasteiger partial charge in [-0.05, 0) is 42.0 Å². The van der Waals surface area contributed by atoms with Gasteiger partial charge in [-0.15, -0.1) is 0 Å². The fraction of sp³-hybridized carbons (Fsp3) is 0.0909. The van der Waals surface area contributed by atoms with E-state index < -0.39 is 0 Å². The molecule has 0 saturated carbocycles. The number of nitrogens with zero attached hydrogens (tertiary/aromatic N) is 2. The van der Waals surface area contributed by atoms with Crippen molar-refractivity contribution in [2.75, 3.05) is 5.32 Å². The molecular weight excluding hydrogens is 354 g/mol. The molecule has 28 heavy (non-hydrogen) atoms. The molecule has 0 bridgehead atoms. The summed E-state index contributed by atoms with van der Waals surface area (Å²) in [5, 5.41) is 2.93. The molecule has 2 aromatic heterocycles. The van der Waals surface area contributed by atoms with Crippen LogP contribution in [0.5, 0.6) is 0 Å². The Bertz CT molecular complexity index is 1230. The molecule has 1 amide bonds. The Morgan fingerprint density at radius 1 is 0.964 bits per heavy atom. The summed E-state index contributed by atoms with van der Waals surface area (Å²) in [5.41, 5.74) is 3.32. The molecule has 6 heteroatoms. The number of aryl methyl sites for hydroxylation is 2. The van der Waals surface area contributed by atoms with Crippen LogP contribution >= 0.6 is 0 Å². The molecule has 0 unspecified atom stereocenters. The Morgan fingerprint density at radius 3 is 2.43 bits per heavy atom. The summed E-state index contributed by atoms with van der Waals surface area (Å²) in [6.07, 6.45) is 3.28. The van der Waals surface area contributed by atoms with Gasteiger partial charge in [-0.25, -0.2) is 4.79 Å². The third-order valence-electron chi connectivity index (χ3n) is 4.69. The predicted octanol–water partition coefficient (Wildman–Crippen LogP) is 3.65. The van der Waals surface area contributed by atoms with Crippen molar-refractivity contribution >= 4 is 34.3 Å². The molecule has 0 radical (unpaired) electrons. The van der Waals surface area contributed by atoms with Crippen molar-refractivity contribution in [2.45, 2.75) is 0 Å². The largest absolute Gasteiger partial charge is 0.465 e. The van der Waals surface area contributed by atoms with Crippen LogP contribution in [-0.4, -0.2) is 15.0 Å². The van der Waals surface area contributed by atoms with Gasteiger partial charge in [0, 0.05) is 19.8 Å². The van der Waals surface area contributed by atoms with Crippen LogP contribution in [0.2, 0.25) is 0 Å². The van der Waals surface area contributed by atoms with E-state index in [4.69, 9.17) is 4.42 Å². The summed E-state index contributed by atoms with van der Waals surface area (Å²) < 4.78 is 8.51. The number of nitrogens with one attached hydrogen (secondary N) is 1. The monoisotopic (exact) mass is 373 g/mol. The molecule has 4 aromatic rings. The number of carbonyl (C=O) groups excluding carboxylic acids is 1. The molecule has 2 aromatic carbocycles. The Balaban J connectivity index is 1.71. The number of hydrogen-bond donors (Lipinski definition) is 1. The van der Waals surface area contributed by atoms with E-state index in [1.54, 1.807) is 59.8 Å². The lowest BCUT2D eigenvalue weighted by molar-refractivity contribution is -0.111. The second kappa shape index (κ2) is 7.08. The zero-order chi connectivity index (χ0) is 19.7. The summed E-state index contributed by atoms with van der Waals surface area (Å²) in [6.45, 7) is 0. The van der Waals surface area contributed by atoms with Gasteiger partial charge in [-0.1, -0.05) is 30.3 Å². The van der Waals surface area contributed by atoms with Crippen molar-refractivity contribution in [1.29, 1.82) is 0 Å². The van der Waals surface area contributed by atoms with Gasteiger partial charge in [-0.3, -0.25) is 13.9 Å². The smallest absolute Gasteiger partial charge is 0.328 e. The Labute approximate surface area is 161 Å². The standard InChI is InChI=1S/C22H19N3O3/c1-24-19-11-10-16(13-20(19)25(2)22(24)27)23-21(26)18(14-17-9-6-12-28-17)15-7-4-3-5-8-15/h3-14H,1-2H3,(H,23,26)/b18-14+. The number of benzene rings is 2. The van der Waals surface area contributed by atoms with Crippen molar-refractivity contribution in [3.05, 3.63) is 88.7 Å². The van der Waals surface area contributed by atoms with E-state index in [2.05, 4.69) is 5.32 Å². The van der Waals surface area contributed by atoms with Crippen LogP contribution in [-0.2, 0) is 18.9 Å². The van der Waals surface area contributed by atoms with Gasteiger partial charge in [0.1, 0.15) is 5.76 Å². The number of carbonyl (C=O) groups is 1. The molecule has 0 aliphatic rings. The minimum absolute atomic E-state index is 0.110. The Morgan fingerprint density at radius 2 is 1.71 bits per heavy atom. The summed E-state index contributed by atoms with van der Waals surface area (Å²) in [7, 11) is 3.44. The quantitative estimate of drug-likeness (QED) is 0.555. The van der Waals surface area contributed by atoms with Crippen LogP contribution in [0.15, 0.2) is 76.1 Å². The first-order valence-corrected chi connectivity index (χ1v) is 8.82. The maximum Gasteiger partial charge on any atom is 0.328 e. The second-order valence-corrected chi connectivity index (χ2v) is 6.50. The number of rotatable bonds is 4. The number of anilines is 1. The highest BCUT2D eigenvalue weighted by Gasteiger charge is 2.15. The Kier molecular flexibility index (Phi) is 4.45. The zero-order valence-electron chi connectivity index (χ0n) is 15.5. The summed E-state index contributed by atoms with van der Waals surface area (Å²) in [6, 6.07) is 18.4. The molecule has 0 saturated heterocycles. The summed E-state index contributed by atoms with van der Waals surface area (Å²) in [5.74, 6) is 0.331. The van der Waals surface area contributed by atoms with Crippen LogP contribution < -0.4 is 11.0 Å². The fourth-order valence-corrected chi connectivity index (χ4v) is 3.20. The molecule has 0 aliphatic carbocycles. The molecule has 0 fully saturated rings. The van der Waals surface area contributed by atoms with Gasteiger partial charge in [0.2, 0.25) is 0 Å². The molecule has 4 rings (SSSR count). The van der Waals surface area contributed by atoms with Crippen molar-refractivity contribution in [3.63, 3.8) is 0 Å². The minimum Gasteiger partial charge on any atom is -0.465 e. The Hall–Kier alpha value is -3.80. The fourth-order valence-electron chi connectivity index (χ4n) is 3.20. The van der Waals surface area contributed by atoms with E-state index in [1.165, 1.54) is 0 Å². The highest BCUT2D eigenvalue weighted by Crippen LogP contribution is 2.23. The summed E-state index contributed by atoms with van der Waals surface area (Å²) >= 11 is 0. The van der Waals surface area contributed by atoms with E-state index in [1.807, 2.05) is 36.4 Å². The first-order chi connectivity index (χ1) is 13.5. The highest BCUT2D eigenvalue weighted by atomic mass is 16.3. The number of imidazole rings is 1. The number of aromatic nitrogens is 2. The van der Waals surface area contributed by atoms with E-state index in [9.17, 15) is 9.59 Å². The predicted molar refractivity (Wildman–Crippen MR) is 110 cm³/mol. The number of hydrogen-bond acceptors (Lipinski definition) is 3. The lowest BCUT2D eigenvalue weighted by atomic mass is 10.0. The number of fused-ring (bicyclic) bond motifs is 1. The molecule has 140 valence electrons. The normalized spacial score (nSPS) is 11.7. The van der Waals surface area contributed by atoms with Gasteiger partial charge in [0.05, 0.1) is 22.9 Å². The lowest BCUT2D eigenvalue weighted by Crippen LogP contribution is -2.19. The second-order valence-electron chi connectivity index (χ2n) is 6.50. The van der Waals surface area contributed by atoms with Gasteiger partial charge < -0.3 is 9.73 Å². The molecule has 0 spiro atoms. The molecule has 0 aliphatic heterocycles. The molecular formula is C22H19N3O3. The zero-order valence-corrected chi connectivity index (χ0v) is 15.5. The van der Waals surface area contributed by atoms with Gasteiger partial charge in [-0.2, -0.15) is 0 Å². The first-order valence-electron chi connectivity index (χ1n) is 8.82. The van der Waals surface area contributed by atoms with E-state index >= 15 is 0 Å². The third-order valence-corrected chi connectivity index (χ3v) is 4.69. The van der Waals surface area contributed by atoms with Gasteiger partial charge in [0.25, 0.3) is 5.91 Å². The van der Waals surface area contributed by atoms with Crippen molar-refractivity contribution in [1.82, 2.24) is 9.13 Å². The van der Waals surface area contributed by atoms with E-state index in [0.29, 0.717) is 17.0 Å². The topological polar surface area (TPSA) is 69.2 Å². The van der Waals surface area contributed by atoms with Crippen molar-refractivity contribution in [3.8, 4) is 0 Å². The molecule has 1 N–H and O–H groups in total. The van der Waals surface area contributed by atoms with Gasteiger partial charge in [0.15, 0.2) is 0 Å². The van der Waals surface area contributed by atoms with Crippen LogP contribution in [0, 0.1) is 0 Å². The van der Waals surface area contributed by atoms with Crippen LogP contribution in [0.1, 0.15) is 11.3 Å². The minimum atomic E-state index is -0.261.